The van der Waals surface area contributed by atoms with E-state index in [2.05, 4.69) is 12.3 Å². The molecule has 3 unspecified atom stereocenters. The van der Waals surface area contributed by atoms with Crippen LogP contribution >= 0.6 is 0 Å². The highest BCUT2D eigenvalue weighted by molar-refractivity contribution is 4.97. The largest absolute Gasteiger partial charge is 0.393 e. The number of aliphatic hydroxyl groups excluding tert-OH is 2. The molecule has 2 N–H and O–H groups in total. The van der Waals surface area contributed by atoms with Gasteiger partial charge in [0.25, 0.3) is 0 Å². The van der Waals surface area contributed by atoms with E-state index in [9.17, 15) is 10.2 Å². The van der Waals surface area contributed by atoms with Crippen LogP contribution in [0.25, 0.3) is 0 Å². The van der Waals surface area contributed by atoms with Crippen molar-refractivity contribution < 1.29 is 20.0 Å². The lowest BCUT2D eigenvalue weighted by molar-refractivity contribution is -0.412. The summed E-state index contributed by atoms with van der Waals surface area (Å²) in [5, 5.41) is 19.2. The molecule has 0 amide bonds. The lowest BCUT2D eigenvalue weighted by atomic mass is 9.87. The Hall–Kier alpha value is -0.640. The number of rotatable bonds is 8. The predicted octanol–water partition coefficient (Wildman–Crippen LogP) is 2.60. The van der Waals surface area contributed by atoms with Crippen LogP contribution in [0.2, 0.25) is 0 Å². The third kappa shape index (κ3) is 6.90. The zero-order valence-corrected chi connectivity index (χ0v) is 12.9. The molecular formula is C15H28O4. The van der Waals surface area contributed by atoms with Crippen LogP contribution < -0.4 is 0 Å². The van der Waals surface area contributed by atoms with E-state index in [0.29, 0.717) is 6.42 Å². The first-order chi connectivity index (χ1) is 8.52. The monoisotopic (exact) mass is 272 g/mol. The van der Waals surface area contributed by atoms with Crippen molar-refractivity contribution >= 4 is 0 Å². The molecule has 0 aromatic rings. The topological polar surface area (TPSA) is 58.9 Å². The van der Waals surface area contributed by atoms with Crippen LogP contribution in [0.4, 0.5) is 0 Å². The van der Waals surface area contributed by atoms with Crippen molar-refractivity contribution in [3.63, 3.8) is 0 Å². The number of hydrogen-bond acceptors (Lipinski definition) is 4. The summed E-state index contributed by atoms with van der Waals surface area (Å²) < 4.78 is 0. The second kappa shape index (κ2) is 7.22. The van der Waals surface area contributed by atoms with E-state index in [-0.39, 0.29) is 5.92 Å². The van der Waals surface area contributed by atoms with Crippen LogP contribution in [-0.4, -0.2) is 33.6 Å². The van der Waals surface area contributed by atoms with Gasteiger partial charge in [0.1, 0.15) is 11.2 Å². The summed E-state index contributed by atoms with van der Waals surface area (Å²) in [6.07, 6.45) is 1.06. The molecule has 3 atom stereocenters. The van der Waals surface area contributed by atoms with Crippen molar-refractivity contribution in [2.24, 2.45) is 5.92 Å². The van der Waals surface area contributed by atoms with Crippen molar-refractivity contribution in [3.8, 4) is 0 Å². The lowest BCUT2D eigenvalue weighted by Crippen LogP contribution is -2.42. The Bertz CT molecular complexity index is 312. The molecule has 0 aliphatic carbocycles. The first kappa shape index (κ1) is 18.4. The normalized spacial score (nSPS) is 17.5. The molecule has 4 nitrogen and oxygen atoms in total. The minimum atomic E-state index is -0.727. The van der Waals surface area contributed by atoms with Gasteiger partial charge in [0.15, 0.2) is 0 Å². The molecular weight excluding hydrogens is 244 g/mol. The predicted molar refractivity (Wildman–Crippen MR) is 75.5 cm³/mol. The Morgan fingerprint density at radius 2 is 1.68 bits per heavy atom. The maximum atomic E-state index is 9.78. The quantitative estimate of drug-likeness (QED) is 0.405. The Labute approximate surface area is 116 Å². The minimum Gasteiger partial charge on any atom is -0.393 e. The summed E-state index contributed by atoms with van der Waals surface area (Å²) in [4.78, 5) is 10.9. The van der Waals surface area contributed by atoms with E-state index in [1.807, 2.05) is 27.7 Å². The second-order valence-corrected chi connectivity index (χ2v) is 6.22. The van der Waals surface area contributed by atoms with E-state index in [0.717, 1.165) is 0 Å². The van der Waals surface area contributed by atoms with Gasteiger partial charge in [0, 0.05) is 12.3 Å². The smallest absolute Gasteiger partial charge is 0.107 e. The van der Waals surface area contributed by atoms with Gasteiger partial charge >= 0.3 is 0 Å². The molecule has 0 aromatic heterocycles. The van der Waals surface area contributed by atoms with Crippen LogP contribution in [0.5, 0.6) is 0 Å². The van der Waals surface area contributed by atoms with Gasteiger partial charge in [-0.05, 0) is 47.6 Å². The van der Waals surface area contributed by atoms with Crippen molar-refractivity contribution in [1.29, 1.82) is 0 Å². The Balaban J connectivity index is 4.71. The average Bonchev–Trinajstić information content (AvgIpc) is 2.21. The molecule has 4 heteroatoms. The minimum absolute atomic E-state index is 0.285. The van der Waals surface area contributed by atoms with E-state index >= 15 is 0 Å². The summed E-state index contributed by atoms with van der Waals surface area (Å²) in [5.41, 5.74) is 1.34. The summed E-state index contributed by atoms with van der Waals surface area (Å²) >= 11 is 0. The number of hydrogen-bond donors (Lipinski definition) is 2. The standard InChI is InChI=1S/C15H28O4/c1-8-9-13(12(3)17)15(6,7)19-18-14(4,5)10-11(2)16/h9,11-13,16-17H,1,10H2,2-7H3. The van der Waals surface area contributed by atoms with Gasteiger partial charge in [0.05, 0.1) is 12.2 Å². The highest BCUT2D eigenvalue weighted by Gasteiger charge is 2.36. The van der Waals surface area contributed by atoms with E-state index < -0.39 is 23.4 Å². The molecule has 0 spiro atoms. The van der Waals surface area contributed by atoms with E-state index in [4.69, 9.17) is 9.78 Å². The zero-order valence-electron chi connectivity index (χ0n) is 12.9. The maximum Gasteiger partial charge on any atom is 0.107 e. The Morgan fingerprint density at radius 1 is 1.16 bits per heavy atom. The molecule has 0 radical (unpaired) electrons. The fourth-order valence-electron chi connectivity index (χ4n) is 2.07. The number of aliphatic hydroxyl groups is 2. The van der Waals surface area contributed by atoms with Crippen molar-refractivity contribution in [1.82, 2.24) is 0 Å². The first-order valence-corrected chi connectivity index (χ1v) is 6.61. The molecule has 112 valence electrons. The second-order valence-electron chi connectivity index (χ2n) is 6.22. The van der Waals surface area contributed by atoms with Gasteiger partial charge in [-0.25, -0.2) is 9.78 Å². The third-order valence-electron chi connectivity index (χ3n) is 2.89. The van der Waals surface area contributed by atoms with Crippen LogP contribution in [0.1, 0.15) is 48.0 Å². The molecule has 0 aromatic carbocycles. The third-order valence-corrected chi connectivity index (χ3v) is 2.89. The maximum absolute atomic E-state index is 9.78. The molecule has 0 aliphatic heterocycles. The molecule has 0 heterocycles. The van der Waals surface area contributed by atoms with Crippen molar-refractivity contribution in [2.75, 3.05) is 0 Å². The molecule has 0 bridgehead atoms. The fraction of sp³-hybridized carbons (Fsp3) is 0.800. The molecule has 19 heavy (non-hydrogen) atoms. The highest BCUT2D eigenvalue weighted by atomic mass is 17.2. The highest BCUT2D eigenvalue weighted by Crippen LogP contribution is 2.29. The van der Waals surface area contributed by atoms with Crippen LogP contribution in [-0.2, 0) is 9.78 Å². The van der Waals surface area contributed by atoms with Gasteiger partial charge in [-0.3, -0.25) is 0 Å². The summed E-state index contributed by atoms with van der Waals surface area (Å²) in [6, 6.07) is 0. The molecule has 0 aliphatic rings. The van der Waals surface area contributed by atoms with Gasteiger partial charge in [-0.15, -0.1) is 5.73 Å². The Kier molecular flexibility index (Phi) is 6.98. The Morgan fingerprint density at radius 3 is 2.05 bits per heavy atom. The summed E-state index contributed by atoms with van der Waals surface area (Å²) in [7, 11) is 0. The average molecular weight is 272 g/mol. The lowest BCUT2D eigenvalue weighted by Gasteiger charge is -2.36. The summed E-state index contributed by atoms with van der Waals surface area (Å²) in [5.74, 6) is -0.285. The van der Waals surface area contributed by atoms with Gasteiger partial charge in [-0.2, -0.15) is 0 Å². The first-order valence-electron chi connectivity index (χ1n) is 6.61. The van der Waals surface area contributed by atoms with Crippen LogP contribution in [0.15, 0.2) is 18.4 Å². The van der Waals surface area contributed by atoms with Crippen LogP contribution in [0.3, 0.4) is 0 Å². The van der Waals surface area contributed by atoms with Gasteiger partial charge < -0.3 is 10.2 Å². The van der Waals surface area contributed by atoms with Crippen molar-refractivity contribution in [3.05, 3.63) is 18.4 Å². The van der Waals surface area contributed by atoms with E-state index in [1.54, 1.807) is 19.9 Å². The van der Waals surface area contributed by atoms with Gasteiger partial charge in [0.2, 0.25) is 0 Å². The molecule has 0 rings (SSSR count). The molecule has 0 fully saturated rings. The molecule has 0 saturated carbocycles. The summed E-state index contributed by atoms with van der Waals surface area (Å²) in [6.45, 7) is 14.3. The molecule has 0 saturated heterocycles. The zero-order chi connectivity index (χ0) is 15.3. The van der Waals surface area contributed by atoms with E-state index in [1.165, 1.54) is 0 Å². The van der Waals surface area contributed by atoms with Gasteiger partial charge in [-0.1, -0.05) is 6.58 Å². The fourth-order valence-corrected chi connectivity index (χ4v) is 2.07. The SMILES string of the molecule is C=C=CC(C(C)O)C(C)(C)OOC(C)(C)CC(C)O. The van der Waals surface area contributed by atoms with Crippen LogP contribution in [0, 0.1) is 5.92 Å². The van der Waals surface area contributed by atoms with Crippen molar-refractivity contribution in [2.45, 2.75) is 71.4 Å².